The molecule has 0 aromatic heterocycles. The van der Waals surface area contributed by atoms with Crippen LogP contribution >= 0.6 is 0 Å². The monoisotopic (exact) mass is 511 g/mol. The van der Waals surface area contributed by atoms with Gasteiger partial charge in [-0.05, 0) is 25.0 Å². The third-order valence-corrected chi connectivity index (χ3v) is 7.11. The number of carbonyl (C=O) groups excluding carboxylic acids is 3. The van der Waals surface area contributed by atoms with E-state index in [9.17, 15) is 14.4 Å². The van der Waals surface area contributed by atoms with Crippen LogP contribution in [0.5, 0.6) is 0 Å². The number of methoxy groups -OCH3 is 3. The Hall–Kier alpha value is -3.27. The van der Waals surface area contributed by atoms with E-state index in [0.29, 0.717) is 0 Å². The fourth-order valence-electron chi connectivity index (χ4n) is 5.56. The highest BCUT2D eigenvalue weighted by molar-refractivity contribution is 5.91. The lowest BCUT2D eigenvalue weighted by Gasteiger charge is -2.47. The molecule has 0 aliphatic carbocycles. The minimum atomic E-state index is -1.18. The fraction of sp³-hybridized carbons (Fsp3) is 0.464. The van der Waals surface area contributed by atoms with E-state index in [1.54, 1.807) is 0 Å². The Morgan fingerprint density at radius 3 is 1.84 bits per heavy atom. The minimum absolute atomic E-state index is 0.172. The second-order valence-corrected chi connectivity index (χ2v) is 9.60. The van der Waals surface area contributed by atoms with Crippen molar-refractivity contribution in [3.63, 3.8) is 0 Å². The molecule has 0 saturated carbocycles. The first-order valence-corrected chi connectivity index (χ1v) is 12.2. The average molecular weight is 512 g/mol. The van der Waals surface area contributed by atoms with Gasteiger partial charge in [-0.3, -0.25) is 19.3 Å². The summed E-state index contributed by atoms with van der Waals surface area (Å²) in [7, 11) is 3.74. The van der Waals surface area contributed by atoms with Crippen molar-refractivity contribution in [2.24, 2.45) is 11.8 Å². The van der Waals surface area contributed by atoms with E-state index >= 15 is 0 Å². The molecule has 9 heteroatoms. The van der Waals surface area contributed by atoms with Gasteiger partial charge in [0, 0.05) is 0 Å². The molecular weight excluding hydrogens is 478 g/mol. The van der Waals surface area contributed by atoms with Crippen molar-refractivity contribution in [3.05, 3.63) is 71.8 Å². The fourth-order valence-corrected chi connectivity index (χ4v) is 5.56. The van der Waals surface area contributed by atoms with Crippen LogP contribution in [-0.2, 0) is 38.1 Å². The van der Waals surface area contributed by atoms with E-state index in [1.807, 2.05) is 79.4 Å². The zero-order chi connectivity index (χ0) is 26.7. The molecule has 0 unspecified atom stereocenters. The molecule has 0 amide bonds. The van der Waals surface area contributed by atoms with Crippen LogP contribution in [0.1, 0.15) is 37.1 Å². The molecule has 2 aromatic rings. The molecule has 6 atom stereocenters. The lowest BCUT2D eigenvalue weighted by atomic mass is 9.84. The summed E-state index contributed by atoms with van der Waals surface area (Å²) in [5.74, 6) is -5.13. The highest BCUT2D eigenvalue weighted by Crippen LogP contribution is 2.51. The molecule has 9 nitrogen and oxygen atoms in total. The van der Waals surface area contributed by atoms with Crippen LogP contribution in [0.25, 0.3) is 0 Å². The maximum Gasteiger partial charge on any atom is 0.324 e. The molecule has 0 bridgehead atoms. The summed E-state index contributed by atoms with van der Waals surface area (Å²) >= 11 is 0. The summed E-state index contributed by atoms with van der Waals surface area (Å²) in [6, 6.07) is 16.4. The van der Waals surface area contributed by atoms with E-state index in [4.69, 9.17) is 23.7 Å². The number of benzene rings is 2. The van der Waals surface area contributed by atoms with Gasteiger partial charge < -0.3 is 23.7 Å². The van der Waals surface area contributed by atoms with Gasteiger partial charge in [-0.25, -0.2) is 0 Å². The Labute approximate surface area is 216 Å². The van der Waals surface area contributed by atoms with Crippen molar-refractivity contribution in [3.8, 4) is 0 Å². The molecule has 0 radical (unpaired) electrons. The van der Waals surface area contributed by atoms with Crippen molar-refractivity contribution < 1.29 is 38.1 Å². The zero-order valence-electron chi connectivity index (χ0n) is 21.7. The molecule has 37 heavy (non-hydrogen) atoms. The van der Waals surface area contributed by atoms with Gasteiger partial charge in [-0.2, -0.15) is 0 Å². The third-order valence-electron chi connectivity index (χ3n) is 7.11. The number of rotatable bonds is 6. The zero-order valence-corrected chi connectivity index (χ0v) is 21.7. The Bertz CT molecular complexity index is 1110. The topological polar surface area (TPSA) is 101 Å². The van der Waals surface area contributed by atoms with E-state index in [-0.39, 0.29) is 6.61 Å². The van der Waals surface area contributed by atoms with Crippen LogP contribution in [0, 0.1) is 11.8 Å². The largest absolute Gasteiger partial charge is 0.469 e. The molecule has 2 saturated heterocycles. The molecule has 198 valence electrons. The Morgan fingerprint density at radius 2 is 1.30 bits per heavy atom. The van der Waals surface area contributed by atoms with Gasteiger partial charge in [0.25, 0.3) is 0 Å². The molecule has 2 heterocycles. The molecule has 0 spiro atoms. The van der Waals surface area contributed by atoms with Crippen LogP contribution in [0.3, 0.4) is 0 Å². The Balaban J connectivity index is 1.95. The molecule has 0 N–H and O–H groups in total. The van der Waals surface area contributed by atoms with Crippen molar-refractivity contribution >= 4 is 17.9 Å². The van der Waals surface area contributed by atoms with Gasteiger partial charge in [0.05, 0.1) is 51.9 Å². The van der Waals surface area contributed by atoms with Crippen LogP contribution in [0.4, 0.5) is 0 Å². The van der Waals surface area contributed by atoms with Gasteiger partial charge in [0.2, 0.25) is 0 Å². The van der Waals surface area contributed by atoms with E-state index in [0.717, 1.165) is 11.1 Å². The summed E-state index contributed by atoms with van der Waals surface area (Å²) < 4.78 is 28.0. The first-order valence-electron chi connectivity index (χ1n) is 12.2. The van der Waals surface area contributed by atoms with E-state index in [2.05, 4.69) is 0 Å². The Morgan fingerprint density at radius 1 is 0.784 bits per heavy atom. The lowest BCUT2D eigenvalue weighted by Crippen LogP contribution is -2.56. The van der Waals surface area contributed by atoms with Gasteiger partial charge in [-0.15, -0.1) is 0 Å². The number of carbonyl (C=O) groups is 3. The van der Waals surface area contributed by atoms with Crippen LogP contribution < -0.4 is 0 Å². The summed E-state index contributed by atoms with van der Waals surface area (Å²) in [5, 5.41) is 0. The maximum atomic E-state index is 13.4. The predicted molar refractivity (Wildman–Crippen MR) is 132 cm³/mol. The Kier molecular flexibility index (Phi) is 7.96. The van der Waals surface area contributed by atoms with Crippen LogP contribution in [-0.4, -0.2) is 68.6 Å². The third kappa shape index (κ3) is 5.12. The molecular formula is C28H33NO8. The summed E-state index contributed by atoms with van der Waals surface area (Å²) in [6.07, 6.45) is -0.544. The first-order chi connectivity index (χ1) is 17.7. The number of likely N-dealkylation sites (tertiary alicyclic amines) is 1. The van der Waals surface area contributed by atoms with Crippen molar-refractivity contribution in [2.45, 2.75) is 43.9 Å². The van der Waals surface area contributed by atoms with Crippen molar-refractivity contribution in [2.75, 3.05) is 27.9 Å². The first kappa shape index (κ1) is 26.8. The molecule has 4 rings (SSSR count). The quantitative estimate of drug-likeness (QED) is 0.428. The molecule has 2 fully saturated rings. The SMILES string of the molecule is COC(=O)[C@@H]1[C@@H](C(=O)OC)[C@@H](c2ccccc2)N([C@H]2COC(C)(C)O[C@H]2c2ccccc2)[C@@H]1C(=O)OC. The number of hydrogen-bond acceptors (Lipinski definition) is 9. The predicted octanol–water partition coefficient (Wildman–Crippen LogP) is 3.06. The van der Waals surface area contributed by atoms with Gasteiger partial charge in [0.1, 0.15) is 12.1 Å². The van der Waals surface area contributed by atoms with Crippen LogP contribution in [0.2, 0.25) is 0 Å². The summed E-state index contributed by atoms with van der Waals surface area (Å²) in [5.41, 5.74) is 1.60. The van der Waals surface area contributed by atoms with Gasteiger partial charge in [-0.1, -0.05) is 60.7 Å². The summed E-state index contributed by atoms with van der Waals surface area (Å²) in [6.45, 7) is 3.82. The molecule has 2 aromatic carbocycles. The van der Waals surface area contributed by atoms with E-state index < -0.39 is 59.8 Å². The maximum absolute atomic E-state index is 13.4. The lowest BCUT2D eigenvalue weighted by molar-refractivity contribution is -0.300. The number of nitrogens with zero attached hydrogens (tertiary/aromatic N) is 1. The number of hydrogen-bond donors (Lipinski definition) is 0. The standard InChI is InChI=1S/C28H33NO8/c1-28(2)36-16-19(24(37-28)18-14-10-7-11-15-18)29-22(17-12-8-6-9-13-17)20(25(30)33-3)21(26(31)34-4)23(29)27(32)35-5/h6-15,19-24H,16H2,1-5H3/t19-,20+,21+,22+,23-,24-/m0/s1. The number of esters is 3. The summed E-state index contributed by atoms with van der Waals surface area (Å²) in [4.78, 5) is 41.7. The number of ether oxygens (including phenoxy) is 5. The van der Waals surface area contributed by atoms with Crippen LogP contribution in [0.15, 0.2) is 60.7 Å². The van der Waals surface area contributed by atoms with E-state index in [1.165, 1.54) is 21.3 Å². The molecule has 2 aliphatic rings. The smallest absolute Gasteiger partial charge is 0.324 e. The highest BCUT2D eigenvalue weighted by Gasteiger charge is 2.63. The molecule has 2 aliphatic heterocycles. The van der Waals surface area contributed by atoms with Crippen molar-refractivity contribution in [1.82, 2.24) is 4.90 Å². The highest BCUT2D eigenvalue weighted by atomic mass is 16.7. The van der Waals surface area contributed by atoms with Gasteiger partial charge >= 0.3 is 17.9 Å². The van der Waals surface area contributed by atoms with Gasteiger partial charge in [0.15, 0.2) is 5.79 Å². The second-order valence-electron chi connectivity index (χ2n) is 9.60. The minimum Gasteiger partial charge on any atom is -0.469 e. The second kappa shape index (κ2) is 11.0. The normalized spacial score (nSPS) is 29.3. The average Bonchev–Trinajstić information content (AvgIpc) is 3.28. The van der Waals surface area contributed by atoms with Crippen molar-refractivity contribution in [1.29, 1.82) is 0 Å².